The predicted molar refractivity (Wildman–Crippen MR) is 101 cm³/mol. The van der Waals surface area contributed by atoms with Gasteiger partial charge in [0.1, 0.15) is 12.0 Å². The van der Waals surface area contributed by atoms with Gasteiger partial charge in [-0.05, 0) is 30.7 Å². The third-order valence-electron chi connectivity index (χ3n) is 3.01. The fourth-order valence-electron chi connectivity index (χ4n) is 1.86. The summed E-state index contributed by atoms with van der Waals surface area (Å²) in [4.78, 5) is 25.2. The molecule has 1 aromatic carbocycles. The van der Waals surface area contributed by atoms with Crippen LogP contribution in [0.5, 0.6) is 5.75 Å². The first kappa shape index (κ1) is 20.4. The number of ether oxygens (including phenoxy) is 2. The van der Waals surface area contributed by atoms with E-state index in [0.29, 0.717) is 11.4 Å². The van der Waals surface area contributed by atoms with E-state index in [-0.39, 0.29) is 34.7 Å². The highest BCUT2D eigenvalue weighted by Crippen LogP contribution is 2.33. The Hall–Kier alpha value is -2.91. The fourth-order valence-corrected chi connectivity index (χ4v) is 2.47. The van der Waals surface area contributed by atoms with E-state index in [4.69, 9.17) is 32.7 Å². The number of halogens is 2. The minimum Gasteiger partial charge on any atom is -0.479 e. The van der Waals surface area contributed by atoms with Gasteiger partial charge in [-0.25, -0.2) is 9.78 Å². The van der Waals surface area contributed by atoms with Crippen molar-refractivity contribution >= 4 is 46.9 Å². The van der Waals surface area contributed by atoms with Crippen LogP contribution in [0.3, 0.4) is 0 Å². The molecule has 0 saturated carbocycles. The molecule has 9 nitrogen and oxygen atoms in total. The lowest BCUT2D eigenvalue weighted by Crippen LogP contribution is -2.14. The number of carbonyl (C=O) groups excluding carboxylic acids is 1. The van der Waals surface area contributed by atoms with E-state index in [1.807, 2.05) is 0 Å². The van der Waals surface area contributed by atoms with Crippen molar-refractivity contribution in [3.63, 3.8) is 0 Å². The number of hydrogen-bond donors (Lipinski definition) is 1. The average Bonchev–Trinajstić information content (AvgIpc) is 2.61. The van der Waals surface area contributed by atoms with Gasteiger partial charge in [0, 0.05) is 6.07 Å². The molecule has 27 heavy (non-hydrogen) atoms. The van der Waals surface area contributed by atoms with E-state index in [1.165, 1.54) is 18.3 Å². The van der Waals surface area contributed by atoms with Crippen molar-refractivity contribution in [2.45, 2.75) is 6.92 Å². The Morgan fingerprint density at radius 1 is 1.37 bits per heavy atom. The van der Waals surface area contributed by atoms with Gasteiger partial charge in [0.15, 0.2) is 12.4 Å². The summed E-state index contributed by atoms with van der Waals surface area (Å²) in [5.41, 5.74) is 3.06. The summed E-state index contributed by atoms with van der Waals surface area (Å²) in [5, 5.41) is 14.9. The maximum Gasteiger partial charge on any atom is 0.344 e. The molecule has 1 heterocycles. The number of carbonyl (C=O) groups is 1. The first-order chi connectivity index (χ1) is 12.9. The highest BCUT2D eigenvalue weighted by atomic mass is 35.5. The highest BCUT2D eigenvalue weighted by Gasteiger charge is 2.12. The molecule has 1 aromatic heterocycles. The number of nitro groups is 1. The van der Waals surface area contributed by atoms with E-state index in [0.717, 1.165) is 6.20 Å². The lowest BCUT2D eigenvalue weighted by Gasteiger charge is -2.10. The van der Waals surface area contributed by atoms with Crippen molar-refractivity contribution in [1.29, 1.82) is 0 Å². The molecule has 0 unspecified atom stereocenters. The van der Waals surface area contributed by atoms with E-state index in [9.17, 15) is 14.9 Å². The molecule has 0 radical (unpaired) electrons. The summed E-state index contributed by atoms with van der Waals surface area (Å²) in [7, 11) is 0. The first-order valence-electron chi connectivity index (χ1n) is 7.57. The second-order valence-corrected chi connectivity index (χ2v) is 5.75. The van der Waals surface area contributed by atoms with Gasteiger partial charge in [0.25, 0.3) is 5.69 Å². The zero-order valence-corrected chi connectivity index (χ0v) is 15.5. The van der Waals surface area contributed by atoms with Crippen molar-refractivity contribution in [2.75, 3.05) is 18.6 Å². The highest BCUT2D eigenvalue weighted by molar-refractivity contribution is 6.37. The number of esters is 1. The Balaban J connectivity index is 2.01. The molecule has 142 valence electrons. The van der Waals surface area contributed by atoms with Crippen LogP contribution < -0.4 is 10.2 Å². The van der Waals surface area contributed by atoms with Crippen molar-refractivity contribution in [3.05, 3.63) is 56.2 Å². The van der Waals surface area contributed by atoms with Crippen LogP contribution in [0.2, 0.25) is 10.0 Å². The summed E-state index contributed by atoms with van der Waals surface area (Å²) in [6, 6.07) is 5.81. The van der Waals surface area contributed by atoms with Crippen LogP contribution in [0.25, 0.3) is 0 Å². The van der Waals surface area contributed by atoms with E-state index in [2.05, 4.69) is 15.5 Å². The smallest absolute Gasteiger partial charge is 0.344 e. The molecule has 0 amide bonds. The van der Waals surface area contributed by atoms with Crippen LogP contribution >= 0.6 is 23.2 Å². The van der Waals surface area contributed by atoms with Crippen LogP contribution in [0.15, 0.2) is 35.6 Å². The van der Waals surface area contributed by atoms with Crippen molar-refractivity contribution in [1.82, 2.24) is 4.98 Å². The zero-order chi connectivity index (χ0) is 19.8. The van der Waals surface area contributed by atoms with Crippen LogP contribution in [0.1, 0.15) is 12.5 Å². The maximum absolute atomic E-state index is 11.3. The Bertz CT molecular complexity index is 835. The van der Waals surface area contributed by atoms with Crippen LogP contribution in [0, 0.1) is 10.1 Å². The number of nitrogens with zero attached hydrogens (tertiary/aromatic N) is 3. The van der Waals surface area contributed by atoms with Gasteiger partial charge in [-0.1, -0.05) is 23.2 Å². The summed E-state index contributed by atoms with van der Waals surface area (Å²) in [6.07, 6.45) is 2.54. The molecular formula is C16H14Cl2N4O5. The summed E-state index contributed by atoms with van der Waals surface area (Å²) < 4.78 is 10.0. The number of benzene rings is 1. The Labute approximate surface area is 164 Å². The number of aromatic nitrogens is 1. The van der Waals surface area contributed by atoms with Gasteiger partial charge in [-0.2, -0.15) is 5.10 Å². The number of pyridine rings is 1. The molecule has 0 aliphatic carbocycles. The van der Waals surface area contributed by atoms with Crippen molar-refractivity contribution < 1.29 is 19.2 Å². The van der Waals surface area contributed by atoms with Gasteiger partial charge in [-0.3, -0.25) is 15.5 Å². The van der Waals surface area contributed by atoms with Crippen molar-refractivity contribution in [3.8, 4) is 5.75 Å². The minimum atomic E-state index is -0.546. The molecule has 2 aromatic rings. The third kappa shape index (κ3) is 6.08. The van der Waals surface area contributed by atoms with Gasteiger partial charge in [-0.15, -0.1) is 0 Å². The van der Waals surface area contributed by atoms with E-state index >= 15 is 0 Å². The molecule has 0 aliphatic rings. The molecule has 0 atom stereocenters. The van der Waals surface area contributed by atoms with Gasteiger partial charge in [0.05, 0.1) is 27.8 Å². The average molecular weight is 413 g/mol. The number of hydrogen-bond acceptors (Lipinski definition) is 8. The lowest BCUT2D eigenvalue weighted by atomic mass is 10.2. The maximum atomic E-state index is 11.3. The normalized spacial score (nSPS) is 10.6. The Morgan fingerprint density at radius 3 is 2.63 bits per heavy atom. The third-order valence-corrected chi connectivity index (χ3v) is 3.57. The van der Waals surface area contributed by atoms with Gasteiger partial charge in [0.2, 0.25) is 0 Å². The lowest BCUT2D eigenvalue weighted by molar-refractivity contribution is -0.385. The number of hydrazone groups is 1. The Morgan fingerprint density at radius 2 is 2.07 bits per heavy atom. The predicted octanol–water partition coefficient (Wildman–Crippen LogP) is 3.68. The minimum absolute atomic E-state index is 0.124. The van der Waals surface area contributed by atoms with Crippen LogP contribution in [0.4, 0.5) is 11.5 Å². The zero-order valence-electron chi connectivity index (χ0n) is 14.0. The molecule has 0 fully saturated rings. The van der Waals surface area contributed by atoms with Crippen molar-refractivity contribution in [2.24, 2.45) is 5.10 Å². The van der Waals surface area contributed by atoms with Crippen LogP contribution in [-0.4, -0.2) is 35.3 Å². The van der Waals surface area contributed by atoms with E-state index < -0.39 is 10.9 Å². The molecule has 0 aliphatic heterocycles. The van der Waals surface area contributed by atoms with Crippen LogP contribution in [-0.2, 0) is 9.53 Å². The van der Waals surface area contributed by atoms with E-state index in [1.54, 1.807) is 19.1 Å². The number of anilines is 1. The number of rotatable bonds is 8. The monoisotopic (exact) mass is 412 g/mol. The summed E-state index contributed by atoms with van der Waals surface area (Å²) in [6.45, 7) is 1.62. The molecule has 0 saturated heterocycles. The molecule has 2 rings (SSSR count). The quantitative estimate of drug-likeness (QED) is 0.304. The molecule has 1 N–H and O–H groups in total. The number of nitrogens with one attached hydrogen (secondary N) is 1. The summed E-state index contributed by atoms with van der Waals surface area (Å²) in [5.74, 6) is -0.0490. The standard InChI is InChI=1S/C16H14Cl2N4O5/c1-2-26-15(23)9-27-16-12(17)5-10(6-13(16)18)7-20-21-14-4-3-11(8-19-14)22(24)25/h3-8H,2,9H2,1H3,(H,19,21)/b20-7+. The molecular weight excluding hydrogens is 399 g/mol. The second-order valence-electron chi connectivity index (χ2n) is 4.94. The second kappa shape index (κ2) is 9.70. The molecule has 11 heteroatoms. The fraction of sp³-hybridized carbons (Fsp3) is 0.188. The largest absolute Gasteiger partial charge is 0.479 e. The SMILES string of the molecule is CCOC(=O)COc1c(Cl)cc(/C=N/Nc2ccc([N+](=O)[O-])cn2)cc1Cl. The molecule has 0 bridgehead atoms. The first-order valence-corrected chi connectivity index (χ1v) is 8.33. The van der Waals surface area contributed by atoms with Gasteiger partial charge >= 0.3 is 5.97 Å². The summed E-state index contributed by atoms with van der Waals surface area (Å²) >= 11 is 12.2. The van der Waals surface area contributed by atoms with Gasteiger partial charge < -0.3 is 9.47 Å². The Kier molecular flexibility index (Phi) is 7.33. The molecule has 0 spiro atoms. The topological polar surface area (TPSA) is 116 Å².